The Balaban J connectivity index is 1.50. The van der Waals surface area contributed by atoms with Crippen molar-refractivity contribution < 1.29 is 14.8 Å². The van der Waals surface area contributed by atoms with Gasteiger partial charge in [0.15, 0.2) is 0 Å². The highest BCUT2D eigenvalue weighted by molar-refractivity contribution is 6.01. The summed E-state index contributed by atoms with van der Waals surface area (Å²) >= 11 is 0. The van der Waals surface area contributed by atoms with E-state index in [4.69, 9.17) is 0 Å². The molecule has 2 aliphatic rings. The van der Waals surface area contributed by atoms with E-state index in [-0.39, 0.29) is 11.9 Å². The van der Waals surface area contributed by atoms with E-state index in [9.17, 15) is 14.8 Å². The summed E-state index contributed by atoms with van der Waals surface area (Å²) in [5.41, 5.74) is 4.77. The topological polar surface area (TPSA) is 72.9 Å². The van der Waals surface area contributed by atoms with Gasteiger partial charge < -0.3 is 4.90 Å². The molecule has 2 aromatic carbocycles. The van der Waals surface area contributed by atoms with E-state index in [1.807, 2.05) is 59.5 Å². The number of nitrogens with zero attached hydrogens (tertiary/aromatic N) is 2. The van der Waals surface area contributed by atoms with Gasteiger partial charge in [0, 0.05) is 24.8 Å². The normalized spacial score (nSPS) is 19.0. The lowest BCUT2D eigenvalue weighted by atomic mass is 9.97. The van der Waals surface area contributed by atoms with Crippen LogP contribution in [0.5, 0.6) is 0 Å². The Morgan fingerprint density at radius 3 is 2.41 bits per heavy atom. The van der Waals surface area contributed by atoms with Crippen molar-refractivity contribution in [1.29, 1.82) is 0 Å². The maximum atomic E-state index is 12.5. The highest BCUT2D eigenvalue weighted by Crippen LogP contribution is 2.34. The molecule has 0 aliphatic carbocycles. The Bertz CT molecular complexity index is 832. The Kier molecular flexibility index (Phi) is 4.92. The van der Waals surface area contributed by atoms with Crippen LogP contribution in [0.1, 0.15) is 30.0 Å². The molecule has 1 saturated heterocycles. The molecule has 1 unspecified atom stereocenters. The first kappa shape index (κ1) is 17.7. The molecular formula is C21H23N3O3. The number of hydrogen-bond acceptors (Lipinski definition) is 4. The van der Waals surface area contributed by atoms with Crippen molar-refractivity contribution in [3.05, 3.63) is 65.7 Å². The average molecular weight is 365 g/mol. The summed E-state index contributed by atoms with van der Waals surface area (Å²) < 4.78 is 0. The predicted molar refractivity (Wildman–Crippen MR) is 101 cm³/mol. The molecule has 0 radical (unpaired) electrons. The molecule has 4 rings (SSSR count). The highest BCUT2D eigenvalue weighted by Gasteiger charge is 2.37. The van der Waals surface area contributed by atoms with Gasteiger partial charge in [-0.05, 0) is 30.0 Å². The molecule has 2 aromatic rings. The number of carbonyl (C=O) groups is 2. The van der Waals surface area contributed by atoms with Crippen LogP contribution in [0.15, 0.2) is 54.6 Å². The maximum Gasteiger partial charge on any atom is 0.265 e. The number of carbonyl (C=O) groups excluding carboxylic acids is 2. The molecule has 0 spiro atoms. The van der Waals surface area contributed by atoms with Gasteiger partial charge in [-0.3, -0.25) is 19.7 Å². The number of para-hydroxylation sites is 1. The number of rotatable bonds is 4. The lowest BCUT2D eigenvalue weighted by Crippen LogP contribution is -2.49. The van der Waals surface area contributed by atoms with Crippen molar-refractivity contribution in [1.82, 2.24) is 10.4 Å². The Hall–Kier alpha value is -2.70. The Labute approximate surface area is 158 Å². The summed E-state index contributed by atoms with van der Waals surface area (Å²) in [4.78, 5) is 28.8. The van der Waals surface area contributed by atoms with Crippen molar-refractivity contribution in [3.63, 3.8) is 0 Å². The van der Waals surface area contributed by atoms with Crippen molar-refractivity contribution >= 4 is 17.5 Å². The minimum atomic E-state index is -0.529. The van der Waals surface area contributed by atoms with E-state index in [2.05, 4.69) is 4.90 Å². The summed E-state index contributed by atoms with van der Waals surface area (Å²) in [5, 5.41) is 9.19. The van der Waals surface area contributed by atoms with Crippen LogP contribution in [0.2, 0.25) is 0 Å². The van der Waals surface area contributed by atoms with Crippen LogP contribution in [0.4, 0.5) is 5.69 Å². The molecule has 2 heterocycles. The maximum absolute atomic E-state index is 12.5. The van der Waals surface area contributed by atoms with E-state index in [0.717, 1.165) is 29.7 Å². The van der Waals surface area contributed by atoms with Gasteiger partial charge in [0.1, 0.15) is 6.04 Å². The van der Waals surface area contributed by atoms with E-state index in [0.29, 0.717) is 19.5 Å². The van der Waals surface area contributed by atoms with Crippen LogP contribution in [0.25, 0.3) is 0 Å². The zero-order valence-electron chi connectivity index (χ0n) is 15.0. The number of hydroxylamine groups is 1. The molecule has 0 aromatic heterocycles. The molecule has 6 nitrogen and oxygen atoms in total. The molecule has 2 amide bonds. The number of anilines is 1. The molecule has 2 aliphatic heterocycles. The summed E-state index contributed by atoms with van der Waals surface area (Å²) in [6.45, 7) is 1.37. The monoisotopic (exact) mass is 365 g/mol. The third-order valence-corrected chi connectivity index (χ3v) is 5.56. The standard InChI is InChI=1S/C21H23N3O3/c25-19-14-16-8-4-5-9-18(16)24(19)17-10-12-23(13-11-17)20(21(26)22-27)15-6-2-1-3-7-15/h1-9,17,20,27H,10-14H2,(H,22,26). The molecule has 27 heavy (non-hydrogen) atoms. The number of amides is 2. The van der Waals surface area contributed by atoms with Gasteiger partial charge >= 0.3 is 0 Å². The van der Waals surface area contributed by atoms with Crippen LogP contribution >= 0.6 is 0 Å². The molecule has 6 heteroatoms. The third-order valence-electron chi connectivity index (χ3n) is 5.56. The van der Waals surface area contributed by atoms with Crippen molar-refractivity contribution in [2.24, 2.45) is 0 Å². The predicted octanol–water partition coefficient (Wildman–Crippen LogP) is 2.29. The average Bonchev–Trinajstić information content (AvgIpc) is 3.05. The molecule has 1 atom stereocenters. The second kappa shape index (κ2) is 7.50. The SMILES string of the molecule is O=C(NO)C(c1ccccc1)N1CCC(N2C(=O)Cc3ccccc32)CC1. The first-order valence-corrected chi connectivity index (χ1v) is 9.32. The highest BCUT2D eigenvalue weighted by atomic mass is 16.5. The molecule has 2 N–H and O–H groups in total. The number of nitrogens with one attached hydrogen (secondary N) is 1. The van der Waals surface area contributed by atoms with Gasteiger partial charge in [-0.1, -0.05) is 48.5 Å². The van der Waals surface area contributed by atoms with E-state index in [1.54, 1.807) is 5.48 Å². The van der Waals surface area contributed by atoms with Crippen molar-refractivity contribution in [2.75, 3.05) is 18.0 Å². The zero-order valence-corrected chi connectivity index (χ0v) is 15.0. The van der Waals surface area contributed by atoms with E-state index >= 15 is 0 Å². The molecular weight excluding hydrogens is 342 g/mol. The van der Waals surface area contributed by atoms with Crippen LogP contribution in [-0.2, 0) is 16.0 Å². The first-order valence-electron chi connectivity index (χ1n) is 9.32. The minimum Gasteiger partial charge on any atom is -0.309 e. The van der Waals surface area contributed by atoms with Gasteiger partial charge in [0.25, 0.3) is 5.91 Å². The number of likely N-dealkylation sites (tertiary alicyclic amines) is 1. The smallest absolute Gasteiger partial charge is 0.265 e. The van der Waals surface area contributed by atoms with Gasteiger partial charge in [0.2, 0.25) is 5.91 Å². The number of hydrogen-bond donors (Lipinski definition) is 2. The number of fused-ring (bicyclic) bond motifs is 1. The second-order valence-corrected chi connectivity index (χ2v) is 7.13. The fraction of sp³-hybridized carbons (Fsp3) is 0.333. The third kappa shape index (κ3) is 3.34. The van der Waals surface area contributed by atoms with Gasteiger partial charge in [-0.2, -0.15) is 0 Å². The summed E-state index contributed by atoms with van der Waals surface area (Å²) in [5.74, 6) is -0.274. The van der Waals surface area contributed by atoms with E-state index < -0.39 is 11.9 Å². The summed E-state index contributed by atoms with van der Waals surface area (Å²) in [6, 6.07) is 17.0. The lowest BCUT2D eigenvalue weighted by Gasteiger charge is -2.39. The first-order chi connectivity index (χ1) is 13.2. The lowest BCUT2D eigenvalue weighted by molar-refractivity contribution is -0.135. The quantitative estimate of drug-likeness (QED) is 0.644. The largest absolute Gasteiger partial charge is 0.309 e. The number of benzene rings is 2. The van der Waals surface area contributed by atoms with Crippen LogP contribution < -0.4 is 10.4 Å². The fourth-order valence-electron chi connectivity index (χ4n) is 4.30. The summed E-state index contributed by atoms with van der Waals surface area (Å²) in [7, 11) is 0. The minimum absolute atomic E-state index is 0.144. The number of piperidine rings is 1. The Morgan fingerprint density at radius 1 is 1.04 bits per heavy atom. The van der Waals surface area contributed by atoms with E-state index in [1.165, 1.54) is 0 Å². The van der Waals surface area contributed by atoms with Crippen LogP contribution in [0, 0.1) is 0 Å². The zero-order chi connectivity index (χ0) is 18.8. The Morgan fingerprint density at radius 2 is 1.70 bits per heavy atom. The second-order valence-electron chi connectivity index (χ2n) is 7.13. The van der Waals surface area contributed by atoms with Crippen LogP contribution in [-0.4, -0.2) is 41.1 Å². The van der Waals surface area contributed by atoms with Crippen LogP contribution in [0.3, 0.4) is 0 Å². The van der Waals surface area contributed by atoms with Gasteiger partial charge in [-0.25, -0.2) is 5.48 Å². The molecule has 140 valence electrons. The summed E-state index contributed by atoms with van der Waals surface area (Å²) in [6.07, 6.45) is 2.06. The fourth-order valence-corrected chi connectivity index (χ4v) is 4.30. The van der Waals surface area contributed by atoms with Gasteiger partial charge in [-0.15, -0.1) is 0 Å². The van der Waals surface area contributed by atoms with Crippen molar-refractivity contribution in [2.45, 2.75) is 31.3 Å². The van der Waals surface area contributed by atoms with Gasteiger partial charge in [0.05, 0.1) is 6.42 Å². The molecule has 1 fully saturated rings. The molecule has 0 saturated carbocycles. The van der Waals surface area contributed by atoms with Crippen molar-refractivity contribution in [3.8, 4) is 0 Å². The molecule has 0 bridgehead atoms.